The number of ketones is 2. The van der Waals surface area contributed by atoms with E-state index in [9.17, 15) is 9.59 Å². The van der Waals surface area contributed by atoms with Gasteiger partial charge >= 0.3 is 0 Å². The molecule has 0 aliphatic rings. The van der Waals surface area contributed by atoms with Crippen LogP contribution in [-0.4, -0.2) is 32.4 Å². The van der Waals surface area contributed by atoms with E-state index in [-0.39, 0.29) is 22.7 Å². The molecule has 0 spiro atoms. The molecule has 37 heavy (non-hydrogen) atoms. The lowest BCUT2D eigenvalue weighted by Crippen LogP contribution is -2.15. The van der Waals surface area contributed by atoms with E-state index in [2.05, 4.69) is 6.07 Å². The number of fused-ring (bicyclic) bond motifs is 2. The quantitative estimate of drug-likeness (QED) is 0.228. The standard InChI is InChI=1S/C32H25O5/c1-4-37-27-15-9-14-24(31(33)28-22-12-7-5-10-20(22)16-18-25(28)35-2)30(27)32(34)29-23-13-8-6-11-21(23)17-19-26(29)36-3/h5-13,15-19H,4H2,1-3H3. The maximum absolute atomic E-state index is 14.3. The number of hydrogen-bond donors (Lipinski definition) is 0. The first-order chi connectivity index (χ1) is 18.1. The number of ether oxygens (including phenoxy) is 3. The summed E-state index contributed by atoms with van der Waals surface area (Å²) in [7, 11) is 3.04. The van der Waals surface area contributed by atoms with E-state index >= 15 is 0 Å². The molecule has 0 unspecified atom stereocenters. The SMILES string of the molecule is CCOc1cc[c]c(C(=O)c2c(OC)ccc3ccccc23)c1C(=O)c1c(OC)ccc2ccccc12. The maximum atomic E-state index is 14.3. The van der Waals surface area contributed by atoms with Crippen LogP contribution < -0.4 is 14.2 Å². The van der Waals surface area contributed by atoms with Gasteiger partial charge < -0.3 is 14.2 Å². The number of hydrogen-bond acceptors (Lipinski definition) is 5. The van der Waals surface area contributed by atoms with Crippen LogP contribution in [0.25, 0.3) is 21.5 Å². The molecule has 5 aromatic rings. The van der Waals surface area contributed by atoms with E-state index in [4.69, 9.17) is 14.2 Å². The number of methoxy groups -OCH3 is 2. The second-order valence-corrected chi connectivity index (χ2v) is 8.41. The molecule has 0 saturated carbocycles. The van der Waals surface area contributed by atoms with E-state index in [1.54, 1.807) is 24.3 Å². The maximum Gasteiger partial charge on any atom is 0.201 e. The lowest BCUT2D eigenvalue weighted by molar-refractivity contribution is 0.0998. The van der Waals surface area contributed by atoms with Crippen LogP contribution in [0.3, 0.4) is 0 Å². The van der Waals surface area contributed by atoms with Crippen molar-refractivity contribution in [2.24, 2.45) is 0 Å². The number of benzene rings is 5. The van der Waals surface area contributed by atoms with Gasteiger partial charge in [0, 0.05) is 5.56 Å². The molecule has 5 aromatic carbocycles. The molecule has 5 rings (SSSR count). The minimum atomic E-state index is -0.378. The average molecular weight is 490 g/mol. The largest absolute Gasteiger partial charge is 0.496 e. The van der Waals surface area contributed by atoms with Crippen molar-refractivity contribution >= 4 is 33.1 Å². The fourth-order valence-corrected chi connectivity index (χ4v) is 4.72. The molecule has 5 nitrogen and oxygen atoms in total. The lowest BCUT2D eigenvalue weighted by atomic mass is 9.88. The van der Waals surface area contributed by atoms with Crippen molar-refractivity contribution in [3.63, 3.8) is 0 Å². The molecule has 0 amide bonds. The van der Waals surface area contributed by atoms with Crippen LogP contribution in [0.15, 0.2) is 84.9 Å². The number of carbonyl (C=O) groups excluding carboxylic acids is 2. The summed E-state index contributed by atoms with van der Waals surface area (Å²) in [6.45, 7) is 2.15. The highest BCUT2D eigenvalue weighted by molar-refractivity contribution is 6.27. The second kappa shape index (κ2) is 10.2. The van der Waals surface area contributed by atoms with Gasteiger partial charge in [-0.15, -0.1) is 0 Å². The fraction of sp³-hybridized carbons (Fsp3) is 0.125. The Kier molecular flexibility index (Phi) is 6.60. The van der Waals surface area contributed by atoms with E-state index in [0.29, 0.717) is 35.0 Å². The van der Waals surface area contributed by atoms with Crippen molar-refractivity contribution in [2.75, 3.05) is 20.8 Å². The van der Waals surface area contributed by atoms with Crippen molar-refractivity contribution in [3.05, 3.63) is 113 Å². The van der Waals surface area contributed by atoms with Crippen LogP contribution in [0, 0.1) is 6.07 Å². The summed E-state index contributed by atoms with van der Waals surface area (Å²) in [5, 5.41) is 3.21. The van der Waals surface area contributed by atoms with Gasteiger partial charge in [0.15, 0.2) is 5.78 Å². The Labute approximate surface area is 215 Å². The fourth-order valence-electron chi connectivity index (χ4n) is 4.72. The molecule has 0 saturated heterocycles. The van der Waals surface area contributed by atoms with Gasteiger partial charge in [0.05, 0.1) is 37.5 Å². The van der Waals surface area contributed by atoms with E-state index in [1.165, 1.54) is 14.2 Å². The molecule has 0 heterocycles. The molecule has 0 atom stereocenters. The molecule has 1 radical (unpaired) electrons. The van der Waals surface area contributed by atoms with Crippen molar-refractivity contribution in [1.29, 1.82) is 0 Å². The Bertz CT molecular complexity index is 1650. The predicted molar refractivity (Wildman–Crippen MR) is 144 cm³/mol. The molecule has 0 fully saturated rings. The van der Waals surface area contributed by atoms with Crippen molar-refractivity contribution in [2.45, 2.75) is 6.92 Å². The Morgan fingerprint density at radius 1 is 0.649 bits per heavy atom. The van der Waals surface area contributed by atoms with Crippen LogP contribution >= 0.6 is 0 Å². The second-order valence-electron chi connectivity index (χ2n) is 8.41. The average Bonchev–Trinajstić information content (AvgIpc) is 2.95. The van der Waals surface area contributed by atoms with Gasteiger partial charge in [-0.25, -0.2) is 0 Å². The minimum Gasteiger partial charge on any atom is -0.496 e. The monoisotopic (exact) mass is 489 g/mol. The van der Waals surface area contributed by atoms with Crippen LogP contribution in [0.1, 0.15) is 38.8 Å². The van der Waals surface area contributed by atoms with Gasteiger partial charge in [-0.2, -0.15) is 0 Å². The minimum absolute atomic E-state index is 0.112. The summed E-state index contributed by atoms with van der Waals surface area (Å²) in [4.78, 5) is 28.6. The van der Waals surface area contributed by atoms with Crippen molar-refractivity contribution < 1.29 is 23.8 Å². The summed E-state index contributed by atoms with van der Waals surface area (Å²) in [6, 6.07) is 28.8. The van der Waals surface area contributed by atoms with Crippen molar-refractivity contribution in [1.82, 2.24) is 0 Å². The molecule has 0 bridgehead atoms. The third kappa shape index (κ3) is 4.19. The molecule has 0 aromatic heterocycles. The predicted octanol–water partition coefficient (Wildman–Crippen LogP) is 6.67. The molecule has 0 aliphatic heterocycles. The summed E-state index contributed by atoms with van der Waals surface area (Å²) in [5.41, 5.74) is 0.976. The van der Waals surface area contributed by atoms with Gasteiger partial charge in [0.1, 0.15) is 17.2 Å². The zero-order chi connectivity index (χ0) is 25.9. The molecule has 0 aliphatic carbocycles. The Morgan fingerprint density at radius 2 is 1.19 bits per heavy atom. The Hall–Kier alpha value is -4.64. The highest BCUT2D eigenvalue weighted by Gasteiger charge is 2.29. The van der Waals surface area contributed by atoms with E-state index < -0.39 is 0 Å². The van der Waals surface area contributed by atoms with Crippen LogP contribution in [0.2, 0.25) is 0 Å². The molecule has 0 N–H and O–H groups in total. The van der Waals surface area contributed by atoms with Gasteiger partial charge in [0.2, 0.25) is 5.78 Å². The van der Waals surface area contributed by atoms with Crippen LogP contribution in [0.5, 0.6) is 17.2 Å². The molecule has 183 valence electrons. The Morgan fingerprint density at radius 3 is 1.73 bits per heavy atom. The summed E-state index contributed by atoms with van der Waals surface area (Å²) < 4.78 is 17.1. The normalized spacial score (nSPS) is 10.9. The van der Waals surface area contributed by atoms with Crippen LogP contribution in [0.4, 0.5) is 0 Å². The van der Waals surface area contributed by atoms with Gasteiger partial charge in [0.25, 0.3) is 0 Å². The highest BCUT2D eigenvalue weighted by atomic mass is 16.5. The third-order valence-corrected chi connectivity index (χ3v) is 6.39. The first-order valence-electron chi connectivity index (χ1n) is 12.0. The summed E-state index contributed by atoms with van der Waals surface area (Å²) in [6.07, 6.45) is 0. The third-order valence-electron chi connectivity index (χ3n) is 6.39. The van der Waals surface area contributed by atoms with E-state index in [0.717, 1.165) is 21.5 Å². The molecular weight excluding hydrogens is 464 g/mol. The highest BCUT2D eigenvalue weighted by Crippen LogP contribution is 2.37. The van der Waals surface area contributed by atoms with E-state index in [1.807, 2.05) is 67.6 Å². The summed E-state index contributed by atoms with van der Waals surface area (Å²) in [5.74, 6) is 0.384. The first kappa shape index (κ1) is 24.1. The summed E-state index contributed by atoms with van der Waals surface area (Å²) >= 11 is 0. The van der Waals surface area contributed by atoms with Gasteiger partial charge in [-0.05, 0) is 58.8 Å². The zero-order valence-electron chi connectivity index (χ0n) is 20.8. The van der Waals surface area contributed by atoms with Gasteiger partial charge in [-0.3, -0.25) is 9.59 Å². The zero-order valence-corrected chi connectivity index (χ0v) is 20.8. The Balaban J connectivity index is 1.79. The van der Waals surface area contributed by atoms with Crippen molar-refractivity contribution in [3.8, 4) is 17.2 Å². The number of rotatable bonds is 8. The lowest BCUT2D eigenvalue weighted by Gasteiger charge is -2.18. The molecular formula is C32H25O5. The smallest absolute Gasteiger partial charge is 0.201 e. The number of carbonyl (C=O) groups is 2. The first-order valence-corrected chi connectivity index (χ1v) is 12.0. The topological polar surface area (TPSA) is 61.8 Å². The molecule has 5 heteroatoms. The van der Waals surface area contributed by atoms with Crippen LogP contribution in [-0.2, 0) is 0 Å². The van der Waals surface area contributed by atoms with Gasteiger partial charge in [-0.1, -0.05) is 60.7 Å².